The van der Waals surface area contributed by atoms with Gasteiger partial charge in [0.15, 0.2) is 11.5 Å². The van der Waals surface area contributed by atoms with Crippen molar-refractivity contribution in [1.82, 2.24) is 9.71 Å². The first kappa shape index (κ1) is 19.7. The third-order valence-electron chi connectivity index (χ3n) is 4.35. The normalized spacial score (nSPS) is 12.9. The van der Waals surface area contributed by atoms with E-state index in [0.29, 0.717) is 23.9 Å². The fourth-order valence-corrected chi connectivity index (χ4v) is 4.76. The molecule has 0 amide bonds. The lowest BCUT2D eigenvalue weighted by atomic mass is 10.2. The largest absolute Gasteiger partial charge is 0.492 e. The van der Waals surface area contributed by atoms with E-state index in [-0.39, 0.29) is 18.2 Å². The molecule has 0 bridgehead atoms. The van der Waals surface area contributed by atoms with Crippen LogP contribution in [-0.4, -0.2) is 26.8 Å². The van der Waals surface area contributed by atoms with E-state index in [1.807, 2.05) is 25.3 Å². The Bertz CT molecular complexity index is 1140. The third-order valence-corrected chi connectivity index (χ3v) is 6.55. The number of benzene rings is 2. The molecule has 0 unspecified atom stereocenters. The van der Waals surface area contributed by atoms with Crippen LogP contribution in [0.5, 0.6) is 17.2 Å². The van der Waals surface area contributed by atoms with Gasteiger partial charge in [-0.3, -0.25) is 0 Å². The summed E-state index contributed by atoms with van der Waals surface area (Å²) in [6.07, 6.45) is 0. The van der Waals surface area contributed by atoms with Crippen molar-refractivity contribution in [2.45, 2.75) is 25.3 Å². The van der Waals surface area contributed by atoms with Crippen molar-refractivity contribution in [2.24, 2.45) is 0 Å². The third kappa shape index (κ3) is 4.21. The molecule has 1 aromatic heterocycles. The average Bonchev–Trinajstić information content (AvgIpc) is 3.35. The number of nitrogens with zero attached hydrogens (tertiary/aromatic N) is 1. The van der Waals surface area contributed by atoms with Crippen LogP contribution in [0.4, 0.5) is 0 Å². The van der Waals surface area contributed by atoms with Gasteiger partial charge in [-0.15, -0.1) is 11.3 Å². The number of aromatic nitrogens is 1. The van der Waals surface area contributed by atoms with Crippen LogP contribution in [0.15, 0.2) is 46.7 Å². The molecule has 0 radical (unpaired) electrons. The summed E-state index contributed by atoms with van der Waals surface area (Å²) in [5.41, 5.74) is 2.23. The minimum Gasteiger partial charge on any atom is -0.492 e. The molecular weight excluding hydrogens is 412 g/mol. The Balaban J connectivity index is 1.62. The quantitative estimate of drug-likeness (QED) is 0.612. The molecule has 9 heteroatoms. The van der Waals surface area contributed by atoms with Crippen LogP contribution in [0.2, 0.25) is 0 Å². The SMILES string of the molecule is CCOc1ccc(-c2csc(C)n2)cc1S(=O)(=O)NCc1ccc2c(c1)OCO2. The van der Waals surface area contributed by atoms with E-state index in [0.717, 1.165) is 21.8 Å². The predicted octanol–water partition coefficient (Wildman–Crippen LogP) is 3.72. The number of aryl methyl sites for hydroxylation is 1. The molecule has 1 aliphatic rings. The van der Waals surface area contributed by atoms with Gasteiger partial charge in [0.05, 0.1) is 17.3 Å². The molecule has 7 nitrogen and oxygen atoms in total. The molecule has 0 spiro atoms. The first-order valence-electron chi connectivity index (χ1n) is 9.04. The second-order valence-electron chi connectivity index (χ2n) is 6.36. The van der Waals surface area contributed by atoms with E-state index in [4.69, 9.17) is 14.2 Å². The molecule has 0 saturated carbocycles. The fraction of sp³-hybridized carbons (Fsp3) is 0.250. The van der Waals surface area contributed by atoms with Gasteiger partial charge < -0.3 is 14.2 Å². The molecule has 3 aromatic rings. The summed E-state index contributed by atoms with van der Waals surface area (Å²) < 4.78 is 45.0. The highest BCUT2D eigenvalue weighted by atomic mass is 32.2. The fourth-order valence-electron chi connectivity index (χ4n) is 2.96. The lowest BCUT2D eigenvalue weighted by Crippen LogP contribution is -2.24. The standard InChI is InChI=1S/C20H20N2O5S2/c1-3-25-18-7-5-15(16-11-28-13(2)22-16)9-20(18)29(23,24)21-10-14-4-6-17-19(8-14)27-12-26-17/h4-9,11,21H,3,10,12H2,1-2H3. The van der Waals surface area contributed by atoms with Crippen LogP contribution < -0.4 is 18.9 Å². The molecule has 1 aliphatic heterocycles. The van der Waals surface area contributed by atoms with Crippen molar-refractivity contribution in [1.29, 1.82) is 0 Å². The highest BCUT2D eigenvalue weighted by Crippen LogP contribution is 2.33. The van der Waals surface area contributed by atoms with Crippen LogP contribution in [-0.2, 0) is 16.6 Å². The highest BCUT2D eigenvalue weighted by Gasteiger charge is 2.22. The number of hydrogen-bond acceptors (Lipinski definition) is 7. The number of sulfonamides is 1. The second kappa shape index (κ2) is 8.02. The maximum Gasteiger partial charge on any atom is 0.244 e. The summed E-state index contributed by atoms with van der Waals surface area (Å²) >= 11 is 1.51. The van der Waals surface area contributed by atoms with Gasteiger partial charge >= 0.3 is 0 Å². The molecule has 4 rings (SSSR count). The lowest BCUT2D eigenvalue weighted by molar-refractivity contribution is 0.174. The van der Waals surface area contributed by atoms with Crippen molar-refractivity contribution in [3.8, 4) is 28.5 Å². The zero-order valence-electron chi connectivity index (χ0n) is 16.0. The van der Waals surface area contributed by atoms with Crippen molar-refractivity contribution >= 4 is 21.4 Å². The van der Waals surface area contributed by atoms with Gasteiger partial charge in [0.2, 0.25) is 16.8 Å². The Hall–Kier alpha value is -2.62. The van der Waals surface area contributed by atoms with Gasteiger partial charge in [0.1, 0.15) is 10.6 Å². The summed E-state index contributed by atoms with van der Waals surface area (Å²) in [7, 11) is -3.82. The summed E-state index contributed by atoms with van der Waals surface area (Å²) in [6.45, 7) is 4.37. The van der Waals surface area contributed by atoms with Crippen LogP contribution >= 0.6 is 11.3 Å². The van der Waals surface area contributed by atoms with Crippen LogP contribution in [0.3, 0.4) is 0 Å². The first-order valence-corrected chi connectivity index (χ1v) is 11.4. The molecule has 0 aliphatic carbocycles. The zero-order chi connectivity index (χ0) is 20.4. The Morgan fingerprint density at radius 2 is 2.00 bits per heavy atom. The maximum absolute atomic E-state index is 13.1. The van der Waals surface area contributed by atoms with E-state index in [1.165, 1.54) is 11.3 Å². The summed E-state index contributed by atoms with van der Waals surface area (Å²) in [5.74, 6) is 1.57. The maximum atomic E-state index is 13.1. The monoisotopic (exact) mass is 432 g/mol. The number of rotatable bonds is 7. The zero-order valence-corrected chi connectivity index (χ0v) is 17.6. The lowest BCUT2D eigenvalue weighted by Gasteiger charge is -2.13. The molecule has 0 atom stereocenters. The topological polar surface area (TPSA) is 86.8 Å². The molecule has 0 fully saturated rings. The Kier molecular flexibility index (Phi) is 5.44. The molecule has 1 N–H and O–H groups in total. The number of hydrogen-bond donors (Lipinski definition) is 1. The van der Waals surface area contributed by atoms with Crippen molar-refractivity contribution < 1.29 is 22.6 Å². The van der Waals surface area contributed by atoms with E-state index in [9.17, 15) is 8.42 Å². The molecule has 152 valence electrons. The van der Waals surface area contributed by atoms with E-state index in [1.54, 1.807) is 30.3 Å². The van der Waals surface area contributed by atoms with E-state index < -0.39 is 10.0 Å². The summed E-state index contributed by atoms with van der Waals surface area (Å²) in [5, 5.41) is 2.82. The Morgan fingerprint density at radius 1 is 1.17 bits per heavy atom. The molecule has 2 aromatic carbocycles. The molecule has 2 heterocycles. The summed E-state index contributed by atoms with van der Waals surface area (Å²) in [4.78, 5) is 4.53. The molecule has 29 heavy (non-hydrogen) atoms. The van der Waals surface area contributed by atoms with E-state index >= 15 is 0 Å². The first-order chi connectivity index (χ1) is 14.0. The Morgan fingerprint density at radius 3 is 2.76 bits per heavy atom. The predicted molar refractivity (Wildman–Crippen MR) is 110 cm³/mol. The van der Waals surface area contributed by atoms with Gasteiger partial charge in [0, 0.05) is 17.5 Å². The number of thiazole rings is 1. The van der Waals surface area contributed by atoms with Crippen LogP contribution in [0.25, 0.3) is 11.3 Å². The van der Waals surface area contributed by atoms with Crippen LogP contribution in [0.1, 0.15) is 17.5 Å². The number of fused-ring (bicyclic) bond motifs is 1. The van der Waals surface area contributed by atoms with Gasteiger partial charge in [-0.1, -0.05) is 6.07 Å². The van der Waals surface area contributed by atoms with Crippen LogP contribution in [0, 0.1) is 6.92 Å². The molecule has 0 saturated heterocycles. The minimum atomic E-state index is -3.82. The second-order valence-corrected chi connectivity index (χ2v) is 9.16. The van der Waals surface area contributed by atoms with Gasteiger partial charge in [0.25, 0.3) is 0 Å². The minimum absolute atomic E-state index is 0.0863. The van der Waals surface area contributed by atoms with Crippen molar-refractivity contribution in [3.05, 3.63) is 52.3 Å². The van der Waals surface area contributed by atoms with Gasteiger partial charge in [-0.2, -0.15) is 0 Å². The van der Waals surface area contributed by atoms with E-state index in [2.05, 4.69) is 9.71 Å². The van der Waals surface area contributed by atoms with Crippen molar-refractivity contribution in [3.63, 3.8) is 0 Å². The van der Waals surface area contributed by atoms with Gasteiger partial charge in [-0.05, 0) is 49.7 Å². The summed E-state index contributed by atoms with van der Waals surface area (Å²) in [6, 6.07) is 10.4. The highest BCUT2D eigenvalue weighted by molar-refractivity contribution is 7.89. The average molecular weight is 433 g/mol. The van der Waals surface area contributed by atoms with Gasteiger partial charge in [-0.25, -0.2) is 18.1 Å². The smallest absolute Gasteiger partial charge is 0.244 e. The molecular formula is C20H20N2O5S2. The van der Waals surface area contributed by atoms with Crippen molar-refractivity contribution in [2.75, 3.05) is 13.4 Å². The number of ether oxygens (including phenoxy) is 3. The number of nitrogens with one attached hydrogen (secondary N) is 1. The Labute approximate surface area is 173 Å².